The zero-order valence-corrected chi connectivity index (χ0v) is 17.5. The fourth-order valence-corrected chi connectivity index (χ4v) is 3.88. The second-order valence-electron chi connectivity index (χ2n) is 5.75. The van der Waals surface area contributed by atoms with Gasteiger partial charge in [-0.25, -0.2) is 4.98 Å². The van der Waals surface area contributed by atoms with Crippen LogP contribution in [0.1, 0.15) is 32.2 Å². The number of imidazole rings is 1. The molecule has 1 fully saturated rings. The summed E-state index contributed by atoms with van der Waals surface area (Å²) in [5.74, 6) is 0. The van der Waals surface area contributed by atoms with E-state index in [1.54, 1.807) is 11.3 Å². The van der Waals surface area contributed by atoms with Crippen molar-refractivity contribution in [3.8, 4) is 11.3 Å². The van der Waals surface area contributed by atoms with E-state index in [4.69, 9.17) is 14.8 Å². The quantitative estimate of drug-likeness (QED) is 0.739. The summed E-state index contributed by atoms with van der Waals surface area (Å²) in [6.45, 7) is 10.7. The maximum Gasteiger partial charge on any atom is 0.194 e. The number of pyridine rings is 1. The van der Waals surface area contributed by atoms with Crippen LogP contribution in [0.4, 0.5) is 0 Å². The molecule has 1 aliphatic rings. The zero-order chi connectivity index (χ0) is 19.6. The van der Waals surface area contributed by atoms with Crippen molar-refractivity contribution in [2.75, 3.05) is 33.4 Å². The second kappa shape index (κ2) is 11.1. The van der Waals surface area contributed by atoms with Crippen LogP contribution in [0.25, 0.3) is 16.2 Å². The highest BCUT2D eigenvalue weighted by Crippen LogP contribution is 2.26. The summed E-state index contributed by atoms with van der Waals surface area (Å²) in [6.07, 6.45) is 4.92. The Balaban J connectivity index is 0.000000614. The summed E-state index contributed by atoms with van der Waals surface area (Å²) < 4.78 is 7.65. The van der Waals surface area contributed by atoms with E-state index in [9.17, 15) is 0 Å². The molecule has 1 aliphatic heterocycles. The third kappa shape index (κ3) is 5.13. The van der Waals surface area contributed by atoms with Crippen LogP contribution in [-0.4, -0.2) is 57.8 Å². The number of aliphatic hydroxyl groups is 1. The van der Waals surface area contributed by atoms with Crippen molar-refractivity contribution >= 4 is 16.3 Å². The van der Waals surface area contributed by atoms with E-state index < -0.39 is 0 Å². The van der Waals surface area contributed by atoms with Gasteiger partial charge in [-0.1, -0.05) is 20.8 Å². The molecule has 0 aromatic carbocycles. The second-order valence-corrected chi connectivity index (χ2v) is 6.58. The monoisotopic (exact) mass is 390 g/mol. The number of aryl methyl sites for hydroxylation is 1. The molecule has 1 N–H and O–H groups in total. The average Bonchev–Trinajstić information content (AvgIpc) is 3.34. The van der Waals surface area contributed by atoms with Gasteiger partial charge < -0.3 is 9.84 Å². The minimum atomic E-state index is 0.831. The fourth-order valence-electron chi connectivity index (χ4n) is 3.01. The first kappa shape index (κ1) is 21.5. The maximum atomic E-state index is 7.00. The van der Waals surface area contributed by atoms with E-state index in [2.05, 4.69) is 38.9 Å². The third-order valence-electron chi connectivity index (χ3n) is 4.27. The van der Waals surface area contributed by atoms with Crippen LogP contribution >= 0.6 is 11.3 Å². The Kier molecular flexibility index (Phi) is 8.87. The first-order valence-corrected chi connectivity index (χ1v) is 10.4. The minimum Gasteiger partial charge on any atom is -0.400 e. The van der Waals surface area contributed by atoms with Gasteiger partial charge in [-0.15, -0.1) is 11.3 Å². The van der Waals surface area contributed by atoms with Crippen LogP contribution in [0.5, 0.6) is 0 Å². The summed E-state index contributed by atoms with van der Waals surface area (Å²) in [4.78, 5) is 12.8. The normalized spacial score (nSPS) is 14.3. The predicted octanol–water partition coefficient (Wildman–Crippen LogP) is 3.49. The summed E-state index contributed by atoms with van der Waals surface area (Å²) in [7, 11) is 1.00. The lowest BCUT2D eigenvalue weighted by Gasteiger charge is -2.26. The highest BCUT2D eigenvalue weighted by Gasteiger charge is 2.16. The van der Waals surface area contributed by atoms with Crippen molar-refractivity contribution < 1.29 is 9.84 Å². The Morgan fingerprint density at radius 3 is 2.67 bits per heavy atom. The number of nitrogens with zero attached hydrogens (tertiary/aromatic N) is 4. The van der Waals surface area contributed by atoms with Gasteiger partial charge in [-0.05, 0) is 18.6 Å². The molecular formula is C20H30N4O2S. The first-order chi connectivity index (χ1) is 13.3. The molecule has 0 atom stereocenters. The Morgan fingerprint density at radius 2 is 1.96 bits per heavy atom. The highest BCUT2D eigenvalue weighted by molar-refractivity contribution is 7.15. The summed E-state index contributed by atoms with van der Waals surface area (Å²) in [5, 5.41) is 9.21. The van der Waals surface area contributed by atoms with Gasteiger partial charge in [0.25, 0.3) is 0 Å². The Labute approximate surface area is 165 Å². The molecule has 0 unspecified atom stereocenters. The summed E-state index contributed by atoms with van der Waals surface area (Å²) >= 11 is 1.71. The van der Waals surface area contributed by atoms with E-state index in [1.807, 2.05) is 26.1 Å². The largest absolute Gasteiger partial charge is 0.400 e. The van der Waals surface area contributed by atoms with Crippen LogP contribution in [0, 0.1) is 0 Å². The van der Waals surface area contributed by atoms with Gasteiger partial charge in [0.1, 0.15) is 0 Å². The van der Waals surface area contributed by atoms with E-state index >= 15 is 0 Å². The molecule has 0 aliphatic carbocycles. The number of hydrogen-bond acceptors (Lipinski definition) is 6. The van der Waals surface area contributed by atoms with E-state index in [-0.39, 0.29) is 0 Å². The van der Waals surface area contributed by atoms with Gasteiger partial charge in [-0.2, -0.15) is 0 Å². The van der Waals surface area contributed by atoms with Gasteiger partial charge in [-0.3, -0.25) is 14.3 Å². The molecule has 27 heavy (non-hydrogen) atoms. The van der Waals surface area contributed by atoms with Crippen molar-refractivity contribution in [2.24, 2.45) is 0 Å². The molecule has 0 spiro atoms. The number of ether oxygens (including phenoxy) is 1. The topological polar surface area (TPSA) is 62.9 Å². The molecular weight excluding hydrogens is 360 g/mol. The van der Waals surface area contributed by atoms with Gasteiger partial charge in [0.2, 0.25) is 0 Å². The fraction of sp³-hybridized carbons (Fsp3) is 0.500. The Hall–Kier alpha value is -1.80. The molecule has 0 amide bonds. The number of aromatic nitrogens is 3. The number of morpholine rings is 1. The molecule has 0 saturated carbocycles. The zero-order valence-electron chi connectivity index (χ0n) is 16.7. The molecule has 3 aromatic rings. The van der Waals surface area contributed by atoms with Gasteiger partial charge in [0.15, 0.2) is 4.96 Å². The van der Waals surface area contributed by atoms with Crippen LogP contribution in [0.15, 0.2) is 29.9 Å². The van der Waals surface area contributed by atoms with Gasteiger partial charge in [0, 0.05) is 61.5 Å². The molecule has 0 bridgehead atoms. The van der Waals surface area contributed by atoms with Crippen molar-refractivity contribution in [3.05, 3.63) is 41.3 Å². The number of rotatable bonds is 4. The predicted molar refractivity (Wildman–Crippen MR) is 111 cm³/mol. The van der Waals surface area contributed by atoms with Crippen LogP contribution in [-0.2, 0) is 17.7 Å². The highest BCUT2D eigenvalue weighted by atomic mass is 32.1. The molecule has 148 valence electrons. The smallest absolute Gasteiger partial charge is 0.194 e. The lowest BCUT2D eigenvalue weighted by molar-refractivity contribution is 0.0336. The standard InChI is InChI=1S/C17H20N4OS.C2H6.CH4O/c1-2-15-14(4-3-5-18-15)16-11-21-13(12-23-17(21)19-16)10-20-6-8-22-9-7-20;2*1-2/h3-5,11-12H,2,6-10H2,1H3;1-2H3;2H,1H3. The molecule has 0 radical (unpaired) electrons. The molecule has 4 rings (SSSR count). The number of aliphatic hydroxyl groups excluding tert-OH is 1. The van der Waals surface area contributed by atoms with Crippen molar-refractivity contribution in [2.45, 2.75) is 33.7 Å². The summed E-state index contributed by atoms with van der Waals surface area (Å²) in [6, 6.07) is 4.09. The van der Waals surface area contributed by atoms with Crippen molar-refractivity contribution in [1.82, 2.24) is 19.3 Å². The van der Waals surface area contributed by atoms with Gasteiger partial charge >= 0.3 is 0 Å². The lowest BCUT2D eigenvalue weighted by atomic mass is 10.1. The van der Waals surface area contributed by atoms with Crippen LogP contribution < -0.4 is 0 Å². The Bertz CT molecular complexity index is 809. The lowest BCUT2D eigenvalue weighted by Crippen LogP contribution is -2.35. The van der Waals surface area contributed by atoms with E-state index in [0.29, 0.717) is 0 Å². The van der Waals surface area contributed by atoms with E-state index in [0.717, 1.165) is 68.3 Å². The number of thiazole rings is 1. The molecule has 3 aromatic heterocycles. The maximum absolute atomic E-state index is 7.00. The minimum absolute atomic E-state index is 0.831. The number of hydrogen-bond donors (Lipinski definition) is 1. The van der Waals surface area contributed by atoms with Crippen molar-refractivity contribution in [3.63, 3.8) is 0 Å². The van der Waals surface area contributed by atoms with Crippen LogP contribution in [0.3, 0.4) is 0 Å². The van der Waals surface area contributed by atoms with Gasteiger partial charge in [0.05, 0.1) is 18.9 Å². The molecule has 7 heteroatoms. The van der Waals surface area contributed by atoms with Crippen molar-refractivity contribution in [1.29, 1.82) is 0 Å². The summed E-state index contributed by atoms with van der Waals surface area (Å²) in [5.41, 5.74) is 4.56. The SMILES string of the molecule is CC.CCc1ncccc1-c1cn2c(CN3CCOCC3)csc2n1.CO. The van der Waals surface area contributed by atoms with E-state index in [1.165, 1.54) is 5.69 Å². The third-order valence-corrected chi connectivity index (χ3v) is 5.16. The average molecular weight is 391 g/mol. The molecule has 1 saturated heterocycles. The first-order valence-electron chi connectivity index (χ1n) is 9.49. The Morgan fingerprint density at radius 1 is 1.22 bits per heavy atom. The van der Waals surface area contributed by atoms with Crippen LogP contribution in [0.2, 0.25) is 0 Å². The molecule has 6 nitrogen and oxygen atoms in total. The molecule has 4 heterocycles. The number of fused-ring (bicyclic) bond motifs is 1.